The Morgan fingerprint density at radius 1 is 1.27 bits per heavy atom. The van der Waals surface area contributed by atoms with Crippen LogP contribution in [0.15, 0.2) is 35.0 Å². The molecule has 0 spiro atoms. The maximum absolute atomic E-state index is 13.1. The van der Waals surface area contributed by atoms with Gasteiger partial charge in [0.05, 0.1) is 13.2 Å². The van der Waals surface area contributed by atoms with Crippen molar-refractivity contribution in [2.75, 3.05) is 12.3 Å². The molecule has 1 heterocycles. The number of nitrogens with two attached hydrogens (primary N) is 1. The van der Waals surface area contributed by atoms with E-state index in [0.29, 0.717) is 34.0 Å². The Kier molecular flexibility index (Phi) is 9.33. The fourth-order valence-electron chi connectivity index (χ4n) is 3.08. The molecule has 0 aliphatic rings. The van der Waals surface area contributed by atoms with Gasteiger partial charge in [-0.15, -0.1) is 0 Å². The Morgan fingerprint density at radius 2 is 1.91 bits per heavy atom. The normalized spacial score (nSPS) is 12.3. The first kappa shape index (κ1) is 26.7. The van der Waals surface area contributed by atoms with Crippen LogP contribution in [-0.4, -0.2) is 42.8 Å². The summed E-state index contributed by atoms with van der Waals surface area (Å²) in [5.74, 6) is 0.721. The minimum absolute atomic E-state index is 0.00248. The van der Waals surface area contributed by atoms with Crippen LogP contribution in [0.1, 0.15) is 46.2 Å². The van der Waals surface area contributed by atoms with Gasteiger partial charge in [0.25, 0.3) is 0 Å². The average Bonchev–Trinajstić information content (AvgIpc) is 2.71. The lowest BCUT2D eigenvalue weighted by Crippen LogP contribution is -2.22. The number of hydrogen-bond acceptors (Lipinski definition) is 8. The number of allylic oxidation sites excluding steroid dienone is 1. The van der Waals surface area contributed by atoms with Crippen LogP contribution < -0.4 is 5.73 Å². The fraction of sp³-hybridized carbons (Fsp3) is 0.333. The van der Waals surface area contributed by atoms with Gasteiger partial charge >= 0.3 is 7.82 Å². The molecule has 33 heavy (non-hydrogen) atoms. The fourth-order valence-corrected chi connectivity index (χ4v) is 4.50. The molecule has 1 aromatic carbocycles. The molecular formula is C21H27N4O6PS. The largest absolute Gasteiger partial charge is 0.469 e. The molecule has 0 radical (unpaired) electrons. The number of benzene rings is 1. The Morgan fingerprint density at radius 3 is 2.45 bits per heavy atom. The molecule has 1 amide bonds. The summed E-state index contributed by atoms with van der Waals surface area (Å²) < 4.78 is 15.7. The molecule has 178 valence electrons. The van der Waals surface area contributed by atoms with Crippen LogP contribution >= 0.6 is 19.6 Å². The van der Waals surface area contributed by atoms with Gasteiger partial charge in [-0.3, -0.25) is 14.1 Å². The number of thioether (sulfide) groups is 1. The molecule has 0 bridgehead atoms. The number of amides is 1. The van der Waals surface area contributed by atoms with E-state index in [1.807, 2.05) is 32.0 Å². The molecule has 0 aliphatic heterocycles. The van der Waals surface area contributed by atoms with Crippen molar-refractivity contribution in [3.63, 3.8) is 0 Å². The predicted octanol–water partition coefficient (Wildman–Crippen LogP) is 3.25. The lowest BCUT2D eigenvalue weighted by atomic mass is 10.0. The van der Waals surface area contributed by atoms with E-state index in [9.17, 15) is 14.2 Å². The van der Waals surface area contributed by atoms with E-state index in [0.717, 1.165) is 22.9 Å². The number of rotatable bonds is 10. The number of hydrogen-bond donors (Lipinski definition) is 3. The molecule has 0 aliphatic carbocycles. The Hall–Kier alpha value is -2.56. The summed E-state index contributed by atoms with van der Waals surface area (Å²) in [5, 5.41) is -0.250. The number of carbonyl (C=O) groups is 2. The van der Waals surface area contributed by atoms with Crippen LogP contribution in [0.2, 0.25) is 0 Å². The van der Waals surface area contributed by atoms with Crippen LogP contribution in [0, 0.1) is 20.8 Å². The molecular weight excluding hydrogens is 467 g/mol. The zero-order valence-electron chi connectivity index (χ0n) is 18.8. The van der Waals surface area contributed by atoms with Crippen molar-refractivity contribution in [1.29, 1.82) is 0 Å². The van der Waals surface area contributed by atoms with Gasteiger partial charge in [0.1, 0.15) is 11.6 Å². The van der Waals surface area contributed by atoms with Gasteiger partial charge in [-0.2, -0.15) is 0 Å². The van der Waals surface area contributed by atoms with Gasteiger partial charge in [-0.05, 0) is 50.6 Å². The topological polar surface area (TPSA) is 156 Å². The molecule has 0 saturated carbocycles. The molecule has 12 heteroatoms. The summed E-state index contributed by atoms with van der Waals surface area (Å²) in [7, 11) is -4.69. The number of phosphoric acid groups is 1. The molecule has 0 saturated heterocycles. The van der Waals surface area contributed by atoms with Gasteiger partial charge in [0.2, 0.25) is 11.5 Å². The quantitative estimate of drug-likeness (QED) is 0.331. The second-order valence-electron chi connectivity index (χ2n) is 7.30. The Balaban J connectivity index is 2.38. The van der Waals surface area contributed by atoms with Crippen LogP contribution in [0.4, 0.5) is 5.82 Å². The Bertz CT molecular complexity index is 1100. The lowest BCUT2D eigenvalue weighted by molar-refractivity contribution is -0.116. The third-order valence-corrected chi connectivity index (χ3v) is 6.46. The maximum Gasteiger partial charge on any atom is 0.469 e. The number of aromatic nitrogens is 2. The third-order valence-electron chi connectivity index (χ3n) is 4.81. The van der Waals surface area contributed by atoms with Crippen LogP contribution in [0.5, 0.6) is 0 Å². The van der Waals surface area contributed by atoms with E-state index in [4.69, 9.17) is 15.5 Å². The van der Waals surface area contributed by atoms with Gasteiger partial charge in [0.15, 0.2) is 0 Å². The summed E-state index contributed by atoms with van der Waals surface area (Å²) in [6.07, 6.45) is 2.11. The highest BCUT2D eigenvalue weighted by Gasteiger charge is 2.21. The minimum Gasteiger partial charge on any atom is -0.383 e. The number of aryl methyl sites for hydroxylation is 3. The molecule has 0 unspecified atom stereocenters. The molecule has 0 fully saturated rings. The first-order valence-corrected chi connectivity index (χ1v) is 12.3. The summed E-state index contributed by atoms with van der Waals surface area (Å²) in [6, 6.07) is 5.50. The van der Waals surface area contributed by atoms with E-state index in [1.165, 1.54) is 11.1 Å². The molecule has 4 N–H and O–H groups in total. The smallest absolute Gasteiger partial charge is 0.383 e. The van der Waals surface area contributed by atoms with Crippen molar-refractivity contribution in [2.24, 2.45) is 0 Å². The van der Waals surface area contributed by atoms with E-state index in [1.54, 1.807) is 13.8 Å². The highest BCUT2D eigenvalue weighted by atomic mass is 32.2. The number of nitrogens with zero attached hydrogens (tertiary/aromatic N) is 3. The van der Waals surface area contributed by atoms with Crippen molar-refractivity contribution >= 4 is 36.9 Å². The predicted molar refractivity (Wildman–Crippen MR) is 126 cm³/mol. The maximum atomic E-state index is 13.1. The zero-order valence-corrected chi connectivity index (χ0v) is 20.5. The number of carbonyl (C=O) groups excluding carboxylic acids is 2. The number of anilines is 1. The second kappa shape index (κ2) is 11.5. The van der Waals surface area contributed by atoms with Gasteiger partial charge < -0.3 is 20.4 Å². The van der Waals surface area contributed by atoms with Crippen molar-refractivity contribution in [3.05, 3.63) is 63.1 Å². The summed E-state index contributed by atoms with van der Waals surface area (Å²) in [6.45, 7) is 6.70. The zero-order chi connectivity index (χ0) is 24.8. The van der Waals surface area contributed by atoms with E-state index < -0.39 is 7.82 Å². The standard InChI is InChI=1S/C21H27N4O6PS/c1-13-6-5-7-14(2)19(13)21(27)33-18(8-9-31-32(28,29)30)15(3)25(12-26)11-17-10-23-16(4)24-20(17)22/h5-7,10,12H,8-9,11H2,1-4H3,(H2,22,23,24)(H2,28,29,30). The van der Waals surface area contributed by atoms with Gasteiger partial charge in [0, 0.05) is 34.3 Å². The van der Waals surface area contributed by atoms with Gasteiger partial charge in [-0.25, -0.2) is 14.5 Å². The monoisotopic (exact) mass is 494 g/mol. The first-order chi connectivity index (χ1) is 15.4. The van der Waals surface area contributed by atoms with E-state index in [2.05, 4.69) is 14.5 Å². The average molecular weight is 495 g/mol. The summed E-state index contributed by atoms with van der Waals surface area (Å²) in [5.41, 5.74) is 9.02. The van der Waals surface area contributed by atoms with Crippen LogP contribution in [-0.2, 0) is 20.4 Å². The minimum atomic E-state index is -4.69. The van der Waals surface area contributed by atoms with Crippen LogP contribution in [0.25, 0.3) is 0 Å². The third kappa shape index (κ3) is 7.76. The van der Waals surface area contributed by atoms with Crippen molar-refractivity contribution in [1.82, 2.24) is 14.9 Å². The van der Waals surface area contributed by atoms with Crippen molar-refractivity contribution < 1.29 is 28.5 Å². The van der Waals surface area contributed by atoms with E-state index >= 15 is 0 Å². The summed E-state index contributed by atoms with van der Waals surface area (Å²) in [4.78, 5) is 53.0. The SMILES string of the molecule is CC(=C(CCOP(=O)(O)O)SC(=O)c1c(C)cccc1C)N(C=O)Cc1cnc(C)nc1N. The highest BCUT2D eigenvalue weighted by molar-refractivity contribution is 8.17. The molecule has 0 atom stereocenters. The first-order valence-electron chi connectivity index (χ1n) is 9.91. The number of nitrogen functional groups attached to an aromatic ring is 1. The second-order valence-corrected chi connectivity index (χ2v) is 9.61. The van der Waals surface area contributed by atoms with Crippen molar-refractivity contribution in [3.8, 4) is 0 Å². The highest BCUT2D eigenvalue weighted by Crippen LogP contribution is 2.38. The number of phosphoric ester groups is 1. The van der Waals surface area contributed by atoms with Crippen LogP contribution in [0.3, 0.4) is 0 Å². The summed E-state index contributed by atoms with van der Waals surface area (Å²) >= 11 is 0.890. The lowest BCUT2D eigenvalue weighted by Gasteiger charge is -2.22. The molecule has 2 aromatic rings. The molecule has 1 aromatic heterocycles. The molecule has 2 rings (SSSR count). The Labute approximate surface area is 196 Å². The van der Waals surface area contributed by atoms with Crippen molar-refractivity contribution in [2.45, 2.75) is 40.7 Å². The van der Waals surface area contributed by atoms with Gasteiger partial charge in [-0.1, -0.05) is 18.2 Å². The van der Waals surface area contributed by atoms with E-state index in [-0.39, 0.29) is 30.5 Å². The molecule has 10 nitrogen and oxygen atoms in total.